The Labute approximate surface area is 79.4 Å². The molecule has 0 N–H and O–H groups in total. The molecule has 2 aliphatic heterocycles. The van der Waals surface area contributed by atoms with E-state index in [1.54, 1.807) is 0 Å². The minimum absolute atomic E-state index is 0.157. The third-order valence-electron chi connectivity index (χ3n) is 2.99. The monoisotopic (exact) mass is 204 g/mol. The van der Waals surface area contributed by atoms with Gasteiger partial charge in [-0.2, -0.15) is 0 Å². The first-order valence-corrected chi connectivity index (χ1v) is 6.21. The van der Waals surface area contributed by atoms with Crippen LogP contribution in [-0.2, 0) is 9.84 Å². The van der Waals surface area contributed by atoms with Crippen molar-refractivity contribution in [3.05, 3.63) is 0 Å². The maximum Gasteiger partial charge on any atom is 0.161 e. The summed E-state index contributed by atoms with van der Waals surface area (Å²) in [6.07, 6.45) is 0. The lowest BCUT2D eigenvalue weighted by Gasteiger charge is -2.42. The van der Waals surface area contributed by atoms with E-state index in [1.165, 1.54) is 0 Å². The van der Waals surface area contributed by atoms with Crippen LogP contribution in [0.25, 0.3) is 0 Å². The minimum atomic E-state index is -2.81. The van der Waals surface area contributed by atoms with E-state index < -0.39 is 9.84 Å². The summed E-state index contributed by atoms with van der Waals surface area (Å²) < 4.78 is 23.7. The van der Waals surface area contributed by atoms with Gasteiger partial charge in [0.05, 0.1) is 10.5 Å². The fourth-order valence-corrected chi connectivity index (χ4v) is 4.74. The Morgan fingerprint density at radius 2 is 1.23 bits per heavy atom. The van der Waals surface area contributed by atoms with Gasteiger partial charge in [-0.25, -0.2) is 8.42 Å². The van der Waals surface area contributed by atoms with E-state index in [9.17, 15) is 8.42 Å². The Morgan fingerprint density at radius 1 is 0.923 bits per heavy atom. The molecule has 2 rings (SSSR count). The molecule has 5 heteroatoms. The maximum absolute atomic E-state index is 11.8. The standard InChI is InChI=1S/C8H16N2O2S/c1-9-3-7-5-10(2)6-8(4-9)13(7,11)12/h7-8H,3-6H2,1-2H3. The van der Waals surface area contributed by atoms with Gasteiger partial charge in [0.15, 0.2) is 9.84 Å². The summed E-state index contributed by atoms with van der Waals surface area (Å²) in [5.41, 5.74) is 0. The van der Waals surface area contributed by atoms with Crippen LogP contribution in [-0.4, -0.2) is 69.0 Å². The van der Waals surface area contributed by atoms with E-state index >= 15 is 0 Å². The maximum atomic E-state index is 11.8. The first-order chi connectivity index (χ1) is 6.00. The lowest BCUT2D eigenvalue weighted by Crippen LogP contribution is -2.61. The molecule has 2 saturated heterocycles. The molecule has 0 unspecified atom stereocenters. The first kappa shape index (κ1) is 9.43. The molecule has 0 aromatic heterocycles. The van der Waals surface area contributed by atoms with E-state index in [2.05, 4.69) is 9.80 Å². The van der Waals surface area contributed by atoms with Crippen molar-refractivity contribution in [2.75, 3.05) is 40.3 Å². The summed E-state index contributed by atoms with van der Waals surface area (Å²) >= 11 is 0. The molecular weight excluding hydrogens is 188 g/mol. The molecule has 0 spiro atoms. The number of sulfone groups is 1. The van der Waals surface area contributed by atoms with Crippen molar-refractivity contribution < 1.29 is 8.42 Å². The van der Waals surface area contributed by atoms with Crippen molar-refractivity contribution in [2.24, 2.45) is 0 Å². The van der Waals surface area contributed by atoms with Crippen LogP contribution in [0, 0.1) is 0 Å². The molecule has 0 radical (unpaired) electrons. The summed E-state index contributed by atoms with van der Waals surface area (Å²) in [4.78, 5) is 4.26. The molecule has 13 heavy (non-hydrogen) atoms. The molecule has 0 aromatic rings. The number of hydrogen-bond acceptors (Lipinski definition) is 4. The third-order valence-corrected chi connectivity index (χ3v) is 5.45. The zero-order chi connectivity index (χ0) is 9.64. The average Bonchev–Trinajstić information content (AvgIpc) is 1.95. The van der Waals surface area contributed by atoms with Crippen molar-refractivity contribution in [1.82, 2.24) is 9.80 Å². The topological polar surface area (TPSA) is 40.6 Å². The van der Waals surface area contributed by atoms with Gasteiger partial charge in [0.2, 0.25) is 0 Å². The van der Waals surface area contributed by atoms with Crippen molar-refractivity contribution in [1.29, 1.82) is 0 Å². The first-order valence-electron chi connectivity index (χ1n) is 4.60. The number of hydrogen-bond donors (Lipinski definition) is 0. The highest BCUT2D eigenvalue weighted by molar-refractivity contribution is 7.92. The van der Waals surface area contributed by atoms with Crippen molar-refractivity contribution in [3.63, 3.8) is 0 Å². The Kier molecular flexibility index (Phi) is 2.13. The van der Waals surface area contributed by atoms with Crippen LogP contribution >= 0.6 is 0 Å². The Bertz CT molecular complexity index is 265. The Morgan fingerprint density at radius 3 is 1.54 bits per heavy atom. The summed E-state index contributed by atoms with van der Waals surface area (Å²) in [7, 11) is 1.19. The summed E-state index contributed by atoms with van der Waals surface area (Å²) in [6, 6.07) is 0. The number of nitrogens with zero attached hydrogens (tertiary/aromatic N) is 2. The quantitative estimate of drug-likeness (QED) is 0.509. The molecular formula is C8H16N2O2S. The molecule has 0 atom stereocenters. The fourth-order valence-electron chi connectivity index (χ4n) is 2.34. The van der Waals surface area contributed by atoms with Gasteiger partial charge < -0.3 is 9.80 Å². The highest BCUT2D eigenvalue weighted by Gasteiger charge is 2.44. The summed E-state index contributed by atoms with van der Waals surface area (Å²) in [5.74, 6) is 0. The third kappa shape index (κ3) is 1.49. The predicted molar refractivity (Wildman–Crippen MR) is 51.5 cm³/mol. The minimum Gasteiger partial charge on any atom is -0.304 e. The van der Waals surface area contributed by atoms with Gasteiger partial charge in [0.25, 0.3) is 0 Å². The van der Waals surface area contributed by atoms with Gasteiger partial charge in [0, 0.05) is 26.2 Å². The molecule has 0 amide bonds. The summed E-state index contributed by atoms with van der Waals surface area (Å²) in [6.45, 7) is 2.79. The van der Waals surface area contributed by atoms with Gasteiger partial charge in [-0.15, -0.1) is 0 Å². The van der Waals surface area contributed by atoms with Crippen LogP contribution in [0.1, 0.15) is 0 Å². The fraction of sp³-hybridized carbons (Fsp3) is 1.00. The normalized spacial score (nSPS) is 40.5. The second kappa shape index (κ2) is 2.93. The zero-order valence-electron chi connectivity index (χ0n) is 8.10. The largest absolute Gasteiger partial charge is 0.304 e. The second-order valence-electron chi connectivity index (χ2n) is 4.28. The smallest absolute Gasteiger partial charge is 0.161 e. The van der Waals surface area contributed by atoms with Crippen molar-refractivity contribution >= 4 is 9.84 Å². The van der Waals surface area contributed by atoms with Crippen LogP contribution in [0.5, 0.6) is 0 Å². The second-order valence-corrected chi connectivity index (χ2v) is 6.79. The molecule has 0 saturated carbocycles. The van der Waals surface area contributed by atoms with Gasteiger partial charge in [-0.05, 0) is 14.1 Å². The van der Waals surface area contributed by atoms with Gasteiger partial charge in [-0.3, -0.25) is 0 Å². The lowest BCUT2D eigenvalue weighted by atomic mass is 10.2. The molecule has 4 nitrogen and oxygen atoms in total. The molecule has 2 heterocycles. The molecule has 2 fully saturated rings. The van der Waals surface area contributed by atoms with Crippen LogP contribution < -0.4 is 0 Å². The highest BCUT2D eigenvalue weighted by Crippen LogP contribution is 2.23. The van der Waals surface area contributed by atoms with Crippen LogP contribution in [0.15, 0.2) is 0 Å². The van der Waals surface area contributed by atoms with Crippen LogP contribution in [0.2, 0.25) is 0 Å². The van der Waals surface area contributed by atoms with Gasteiger partial charge in [-0.1, -0.05) is 0 Å². The molecule has 2 aliphatic rings. The SMILES string of the molecule is CN1CC2CN(C)CC(C1)S2(=O)=O. The predicted octanol–water partition coefficient (Wildman–Crippen LogP) is -0.971. The van der Waals surface area contributed by atoms with E-state index in [0.717, 1.165) is 0 Å². The molecule has 0 aliphatic carbocycles. The average molecular weight is 204 g/mol. The Balaban J connectivity index is 2.29. The van der Waals surface area contributed by atoms with Gasteiger partial charge >= 0.3 is 0 Å². The summed E-state index contributed by atoms with van der Waals surface area (Å²) in [5, 5.41) is -0.315. The number of rotatable bonds is 0. The lowest BCUT2D eigenvalue weighted by molar-refractivity contribution is 0.209. The molecule has 0 aromatic carbocycles. The van der Waals surface area contributed by atoms with E-state index in [1.807, 2.05) is 14.1 Å². The van der Waals surface area contributed by atoms with Crippen molar-refractivity contribution in [2.45, 2.75) is 10.5 Å². The van der Waals surface area contributed by atoms with Crippen molar-refractivity contribution in [3.8, 4) is 0 Å². The van der Waals surface area contributed by atoms with Gasteiger partial charge in [0.1, 0.15) is 0 Å². The highest BCUT2D eigenvalue weighted by atomic mass is 32.2. The van der Waals surface area contributed by atoms with E-state index in [4.69, 9.17) is 0 Å². The molecule has 2 bridgehead atoms. The van der Waals surface area contributed by atoms with E-state index in [0.29, 0.717) is 26.2 Å². The zero-order valence-corrected chi connectivity index (χ0v) is 8.92. The van der Waals surface area contributed by atoms with E-state index in [-0.39, 0.29) is 10.5 Å². The van der Waals surface area contributed by atoms with Crippen LogP contribution in [0.3, 0.4) is 0 Å². The Hall–Kier alpha value is -0.130. The molecule has 76 valence electrons. The number of fused-ring (bicyclic) bond motifs is 2. The van der Waals surface area contributed by atoms with Crippen LogP contribution in [0.4, 0.5) is 0 Å².